The van der Waals surface area contributed by atoms with Gasteiger partial charge in [0.05, 0.1) is 16.2 Å². The van der Waals surface area contributed by atoms with Crippen molar-refractivity contribution < 1.29 is 18.0 Å². The lowest BCUT2D eigenvalue weighted by atomic mass is 10.1. The molecular formula is C19H11F3N4OS2. The highest BCUT2D eigenvalue weighted by Crippen LogP contribution is 2.42. The number of amides is 1. The Hall–Kier alpha value is -2.98. The molecule has 1 aliphatic rings. The normalized spacial score (nSPS) is 16.1. The minimum absolute atomic E-state index is 0.0521. The number of nitrogens with one attached hydrogen (secondary N) is 1. The van der Waals surface area contributed by atoms with Crippen LogP contribution in [0.15, 0.2) is 59.8 Å². The van der Waals surface area contributed by atoms with Crippen molar-refractivity contribution in [3.8, 4) is 11.4 Å². The van der Waals surface area contributed by atoms with Gasteiger partial charge in [-0.2, -0.15) is 13.2 Å². The van der Waals surface area contributed by atoms with E-state index in [4.69, 9.17) is 12.2 Å². The van der Waals surface area contributed by atoms with Gasteiger partial charge in [-0.15, -0.1) is 10.2 Å². The van der Waals surface area contributed by atoms with Crippen LogP contribution in [-0.2, 0) is 11.0 Å². The molecule has 4 rings (SSSR count). The Bertz CT molecular complexity index is 1110. The molecule has 0 atom stereocenters. The second-order valence-corrected chi connectivity index (χ2v) is 7.67. The van der Waals surface area contributed by atoms with Gasteiger partial charge in [0.15, 0.2) is 10.1 Å². The first-order chi connectivity index (χ1) is 13.8. The Labute approximate surface area is 172 Å². The van der Waals surface area contributed by atoms with Crippen LogP contribution in [0.1, 0.15) is 11.1 Å². The van der Waals surface area contributed by atoms with Crippen LogP contribution < -0.4 is 4.90 Å². The summed E-state index contributed by atoms with van der Waals surface area (Å²) in [5, 5.41) is 7.64. The molecule has 1 saturated heterocycles. The fraction of sp³-hybridized carbons (Fsp3) is 0.0526. The Kier molecular flexibility index (Phi) is 4.97. The number of anilines is 1. The van der Waals surface area contributed by atoms with Crippen molar-refractivity contribution >= 4 is 46.0 Å². The van der Waals surface area contributed by atoms with Crippen LogP contribution >= 0.6 is 24.0 Å². The van der Waals surface area contributed by atoms with Gasteiger partial charge in [0.1, 0.15) is 6.33 Å². The van der Waals surface area contributed by atoms with Gasteiger partial charge >= 0.3 is 6.18 Å². The lowest BCUT2D eigenvalue weighted by molar-refractivity contribution is -0.137. The molecule has 5 nitrogen and oxygen atoms in total. The number of aromatic amines is 1. The van der Waals surface area contributed by atoms with Crippen LogP contribution in [0.3, 0.4) is 0 Å². The van der Waals surface area contributed by atoms with Crippen molar-refractivity contribution in [2.24, 2.45) is 0 Å². The summed E-state index contributed by atoms with van der Waals surface area (Å²) in [6.07, 6.45) is -1.53. The van der Waals surface area contributed by atoms with Gasteiger partial charge in [0.25, 0.3) is 5.91 Å². The van der Waals surface area contributed by atoms with Crippen LogP contribution in [0.2, 0.25) is 0 Å². The first-order valence-electron chi connectivity index (χ1n) is 8.25. The van der Waals surface area contributed by atoms with Gasteiger partial charge in [-0.05, 0) is 23.8 Å². The number of halogens is 3. The second kappa shape index (κ2) is 7.45. The SMILES string of the molecule is O=C1/C(=C/c2ccc(-c3nnc[nH]3)cc2)SC(=S)N1c1ccccc1C(F)(F)F. The van der Waals surface area contributed by atoms with Crippen molar-refractivity contribution in [2.45, 2.75) is 6.18 Å². The molecule has 1 N–H and O–H groups in total. The van der Waals surface area contributed by atoms with Gasteiger partial charge in [-0.1, -0.05) is 60.4 Å². The number of rotatable bonds is 3. The summed E-state index contributed by atoms with van der Waals surface area (Å²) in [5.74, 6) is 0.0163. The number of thioether (sulfide) groups is 1. The fourth-order valence-electron chi connectivity index (χ4n) is 2.82. The minimum Gasteiger partial charge on any atom is -0.328 e. The topological polar surface area (TPSA) is 61.9 Å². The van der Waals surface area contributed by atoms with Crippen molar-refractivity contribution in [1.29, 1.82) is 0 Å². The molecule has 3 aromatic rings. The molecule has 0 radical (unpaired) electrons. The van der Waals surface area contributed by atoms with Crippen LogP contribution in [0, 0.1) is 0 Å². The van der Waals surface area contributed by atoms with Crippen LogP contribution in [0.5, 0.6) is 0 Å². The summed E-state index contributed by atoms with van der Waals surface area (Å²) in [5.41, 5.74) is 0.338. The smallest absolute Gasteiger partial charge is 0.328 e. The third-order valence-electron chi connectivity index (χ3n) is 4.14. The quantitative estimate of drug-likeness (QED) is 0.471. The van der Waals surface area contributed by atoms with Gasteiger partial charge < -0.3 is 4.98 Å². The van der Waals surface area contributed by atoms with E-state index in [1.54, 1.807) is 30.3 Å². The maximum Gasteiger partial charge on any atom is 0.418 e. The molecule has 2 aromatic carbocycles. The monoisotopic (exact) mass is 432 g/mol. The molecule has 1 aromatic heterocycles. The van der Waals surface area contributed by atoms with Crippen molar-refractivity contribution in [3.63, 3.8) is 0 Å². The number of benzene rings is 2. The second-order valence-electron chi connectivity index (χ2n) is 5.99. The van der Waals surface area contributed by atoms with E-state index in [1.807, 2.05) is 0 Å². The zero-order valence-corrected chi connectivity index (χ0v) is 16.1. The van der Waals surface area contributed by atoms with Gasteiger partial charge in [-0.3, -0.25) is 9.69 Å². The maximum absolute atomic E-state index is 13.3. The lowest BCUT2D eigenvalue weighted by Crippen LogP contribution is -2.29. The number of H-pyrrole nitrogens is 1. The lowest BCUT2D eigenvalue weighted by Gasteiger charge is -2.20. The Morgan fingerprint density at radius 3 is 2.48 bits per heavy atom. The van der Waals surface area contributed by atoms with Crippen molar-refractivity contribution in [3.05, 3.63) is 70.9 Å². The molecule has 1 fully saturated rings. The number of thiocarbonyl (C=S) groups is 1. The molecule has 0 aliphatic carbocycles. The highest BCUT2D eigenvalue weighted by atomic mass is 32.2. The predicted molar refractivity (Wildman–Crippen MR) is 109 cm³/mol. The molecule has 0 spiro atoms. The first kappa shape index (κ1) is 19.3. The minimum atomic E-state index is -4.60. The van der Waals surface area contributed by atoms with E-state index in [-0.39, 0.29) is 14.9 Å². The van der Waals surface area contributed by atoms with E-state index >= 15 is 0 Å². The molecule has 1 amide bonds. The number of carbonyl (C=O) groups excluding carboxylic acids is 1. The summed E-state index contributed by atoms with van der Waals surface area (Å²) < 4.78 is 40.1. The third kappa shape index (κ3) is 3.81. The van der Waals surface area contributed by atoms with Crippen LogP contribution in [0.25, 0.3) is 17.5 Å². The van der Waals surface area contributed by atoms with E-state index in [0.717, 1.165) is 28.3 Å². The molecule has 0 saturated carbocycles. The number of para-hydroxylation sites is 1. The number of hydrogen-bond acceptors (Lipinski definition) is 5. The van der Waals surface area contributed by atoms with E-state index in [0.29, 0.717) is 11.4 Å². The molecule has 0 bridgehead atoms. The average molecular weight is 432 g/mol. The number of alkyl halides is 3. The number of nitrogens with zero attached hydrogens (tertiary/aromatic N) is 3. The zero-order valence-electron chi connectivity index (χ0n) is 14.5. The highest BCUT2D eigenvalue weighted by molar-refractivity contribution is 8.27. The zero-order chi connectivity index (χ0) is 20.6. The maximum atomic E-state index is 13.3. The van der Waals surface area contributed by atoms with E-state index in [1.165, 1.54) is 24.5 Å². The number of aromatic nitrogens is 3. The molecule has 146 valence electrons. The average Bonchev–Trinajstić information content (AvgIpc) is 3.31. The van der Waals surface area contributed by atoms with Crippen molar-refractivity contribution in [1.82, 2.24) is 15.2 Å². The number of hydrogen-bond donors (Lipinski definition) is 1. The molecule has 10 heteroatoms. The molecular weight excluding hydrogens is 421 g/mol. The predicted octanol–water partition coefficient (Wildman–Crippen LogP) is 4.90. The summed E-state index contributed by atoms with van der Waals surface area (Å²) in [7, 11) is 0. The molecule has 2 heterocycles. The highest BCUT2D eigenvalue weighted by Gasteiger charge is 2.40. The Balaban J connectivity index is 1.64. The van der Waals surface area contributed by atoms with Gasteiger partial charge in [-0.25, -0.2) is 0 Å². The standard InChI is InChI=1S/C19H11F3N4OS2/c20-19(21,22)13-3-1-2-4-14(13)26-17(27)15(29-18(26)28)9-11-5-7-12(8-6-11)16-23-10-24-25-16/h1-10H,(H,23,24,25)/b15-9-. The Morgan fingerprint density at radius 1 is 1.10 bits per heavy atom. The van der Waals surface area contributed by atoms with Crippen molar-refractivity contribution in [2.75, 3.05) is 4.90 Å². The van der Waals surface area contributed by atoms with E-state index in [9.17, 15) is 18.0 Å². The van der Waals surface area contributed by atoms with Crippen LogP contribution in [0.4, 0.5) is 18.9 Å². The summed E-state index contributed by atoms with van der Waals surface area (Å²) in [6.45, 7) is 0. The van der Waals surface area contributed by atoms with E-state index in [2.05, 4.69) is 15.2 Å². The van der Waals surface area contributed by atoms with Gasteiger partial charge in [0, 0.05) is 5.56 Å². The number of carbonyl (C=O) groups is 1. The fourth-order valence-corrected chi connectivity index (χ4v) is 4.10. The summed E-state index contributed by atoms with van der Waals surface area (Å²) in [6, 6.07) is 12.0. The van der Waals surface area contributed by atoms with Crippen LogP contribution in [-0.4, -0.2) is 25.4 Å². The summed E-state index contributed by atoms with van der Waals surface area (Å²) in [4.78, 5) is 16.9. The van der Waals surface area contributed by atoms with Gasteiger partial charge in [0.2, 0.25) is 0 Å². The third-order valence-corrected chi connectivity index (χ3v) is 5.44. The van der Waals surface area contributed by atoms with E-state index < -0.39 is 17.6 Å². The Morgan fingerprint density at radius 2 is 1.83 bits per heavy atom. The molecule has 1 aliphatic heterocycles. The molecule has 29 heavy (non-hydrogen) atoms. The molecule has 0 unspecified atom stereocenters. The summed E-state index contributed by atoms with van der Waals surface area (Å²) >= 11 is 6.16. The largest absolute Gasteiger partial charge is 0.418 e. The first-order valence-corrected chi connectivity index (χ1v) is 9.48.